The van der Waals surface area contributed by atoms with E-state index in [0.717, 1.165) is 0 Å². The number of benzene rings is 1. The van der Waals surface area contributed by atoms with Crippen LogP contribution in [0.4, 0.5) is 0 Å². The Morgan fingerprint density at radius 1 is 1.27 bits per heavy atom. The topological polar surface area (TPSA) is 92.4 Å². The molecule has 1 heterocycles. The van der Waals surface area contributed by atoms with Crippen molar-refractivity contribution in [2.45, 2.75) is 26.2 Å². The van der Waals surface area contributed by atoms with Crippen molar-refractivity contribution in [1.29, 1.82) is 0 Å². The van der Waals surface area contributed by atoms with Gasteiger partial charge >= 0.3 is 5.97 Å². The van der Waals surface area contributed by atoms with E-state index >= 15 is 0 Å². The van der Waals surface area contributed by atoms with Crippen LogP contribution in [0.3, 0.4) is 0 Å². The number of carboxylic acid groups (broad SMARTS) is 1. The lowest BCUT2D eigenvalue weighted by molar-refractivity contribution is -0.142. The van der Waals surface area contributed by atoms with E-state index in [-0.39, 0.29) is 12.5 Å². The van der Waals surface area contributed by atoms with Crippen molar-refractivity contribution in [3.05, 3.63) is 52.9 Å². The van der Waals surface area contributed by atoms with Crippen molar-refractivity contribution in [2.75, 3.05) is 6.54 Å². The Hall–Kier alpha value is -2.63. The summed E-state index contributed by atoms with van der Waals surface area (Å²) >= 11 is 0. The van der Waals surface area contributed by atoms with Gasteiger partial charge in [0, 0.05) is 6.54 Å². The standard InChI is InChI=1S/C16H18N2O4/c1-10-13(11(2)22-18-10)14(19)17-9-16(3,15(20)21)12-7-5-4-6-8-12/h4-8H,9H2,1-3H3,(H,17,19)(H,20,21). The van der Waals surface area contributed by atoms with Crippen LogP contribution >= 0.6 is 0 Å². The molecule has 0 aliphatic rings. The van der Waals surface area contributed by atoms with E-state index in [1.165, 1.54) is 0 Å². The van der Waals surface area contributed by atoms with Gasteiger partial charge in [-0.2, -0.15) is 0 Å². The number of aryl methyl sites for hydroxylation is 2. The van der Waals surface area contributed by atoms with Gasteiger partial charge in [-0.3, -0.25) is 9.59 Å². The highest BCUT2D eigenvalue weighted by Crippen LogP contribution is 2.23. The summed E-state index contributed by atoms with van der Waals surface area (Å²) in [6.45, 7) is 4.86. The van der Waals surface area contributed by atoms with Crippen LogP contribution in [0.25, 0.3) is 0 Å². The van der Waals surface area contributed by atoms with Gasteiger partial charge in [-0.1, -0.05) is 35.5 Å². The number of nitrogens with one attached hydrogen (secondary N) is 1. The third kappa shape index (κ3) is 2.86. The van der Waals surface area contributed by atoms with Crippen LogP contribution in [0.1, 0.15) is 34.3 Å². The smallest absolute Gasteiger partial charge is 0.315 e. The highest BCUT2D eigenvalue weighted by atomic mass is 16.5. The molecule has 116 valence electrons. The van der Waals surface area contributed by atoms with Crippen molar-refractivity contribution >= 4 is 11.9 Å². The predicted octanol–water partition coefficient (Wildman–Crippen LogP) is 2.06. The molecule has 0 radical (unpaired) electrons. The van der Waals surface area contributed by atoms with Crippen LogP contribution < -0.4 is 5.32 Å². The average Bonchev–Trinajstić information content (AvgIpc) is 2.84. The Bertz CT molecular complexity index is 674. The number of carbonyl (C=O) groups excluding carboxylic acids is 1. The first kappa shape index (κ1) is 15.8. The lowest BCUT2D eigenvalue weighted by Crippen LogP contribution is -2.44. The third-order valence-electron chi connectivity index (χ3n) is 3.75. The Kier molecular flexibility index (Phi) is 4.30. The molecule has 0 spiro atoms. The van der Waals surface area contributed by atoms with E-state index in [2.05, 4.69) is 10.5 Å². The summed E-state index contributed by atoms with van der Waals surface area (Å²) in [5.41, 5.74) is 0.240. The number of hydrogen-bond donors (Lipinski definition) is 2. The molecule has 1 amide bonds. The van der Waals surface area contributed by atoms with Crippen LogP contribution in [0.5, 0.6) is 0 Å². The van der Waals surface area contributed by atoms with Gasteiger partial charge in [-0.25, -0.2) is 0 Å². The van der Waals surface area contributed by atoms with Crippen molar-refractivity contribution in [2.24, 2.45) is 0 Å². The maximum atomic E-state index is 12.2. The molecular weight excluding hydrogens is 284 g/mol. The second kappa shape index (κ2) is 6.01. The fraction of sp³-hybridized carbons (Fsp3) is 0.312. The zero-order valence-electron chi connectivity index (χ0n) is 12.7. The van der Waals surface area contributed by atoms with Crippen molar-refractivity contribution in [1.82, 2.24) is 10.5 Å². The molecule has 2 N–H and O–H groups in total. The van der Waals surface area contributed by atoms with Gasteiger partial charge in [0.25, 0.3) is 5.91 Å². The molecule has 1 aromatic heterocycles. The van der Waals surface area contributed by atoms with E-state index in [0.29, 0.717) is 22.6 Å². The maximum absolute atomic E-state index is 12.2. The first-order valence-electron chi connectivity index (χ1n) is 6.86. The van der Waals surface area contributed by atoms with E-state index in [4.69, 9.17) is 4.52 Å². The number of aromatic nitrogens is 1. The monoisotopic (exact) mass is 302 g/mol. The number of amides is 1. The molecule has 0 bridgehead atoms. The molecule has 0 fully saturated rings. The largest absolute Gasteiger partial charge is 0.481 e. The maximum Gasteiger partial charge on any atom is 0.315 e. The van der Waals surface area contributed by atoms with Crippen molar-refractivity contribution in [3.63, 3.8) is 0 Å². The lowest BCUT2D eigenvalue weighted by Gasteiger charge is -2.25. The molecule has 6 nitrogen and oxygen atoms in total. The summed E-state index contributed by atoms with van der Waals surface area (Å²) < 4.78 is 4.95. The minimum atomic E-state index is -1.21. The average molecular weight is 302 g/mol. The normalized spacial score (nSPS) is 13.4. The number of carbonyl (C=O) groups is 2. The molecule has 0 saturated heterocycles. The van der Waals surface area contributed by atoms with Gasteiger partial charge in [-0.05, 0) is 26.3 Å². The van der Waals surface area contributed by atoms with Gasteiger partial charge in [0.15, 0.2) is 0 Å². The van der Waals surface area contributed by atoms with E-state index in [9.17, 15) is 14.7 Å². The molecule has 2 rings (SSSR count). The van der Waals surface area contributed by atoms with E-state index < -0.39 is 11.4 Å². The number of nitrogens with zero attached hydrogens (tertiary/aromatic N) is 1. The third-order valence-corrected chi connectivity index (χ3v) is 3.75. The zero-order valence-corrected chi connectivity index (χ0v) is 12.7. The molecule has 0 saturated carbocycles. The summed E-state index contributed by atoms with van der Waals surface area (Å²) in [7, 11) is 0. The first-order valence-corrected chi connectivity index (χ1v) is 6.86. The van der Waals surface area contributed by atoms with Crippen molar-refractivity contribution in [3.8, 4) is 0 Å². The summed E-state index contributed by atoms with van der Waals surface area (Å²) in [5, 5.41) is 15.9. The second-order valence-electron chi connectivity index (χ2n) is 5.39. The molecule has 0 aliphatic heterocycles. The summed E-state index contributed by atoms with van der Waals surface area (Å²) in [6, 6.07) is 8.82. The van der Waals surface area contributed by atoms with Crippen LogP contribution in [0.2, 0.25) is 0 Å². The molecule has 6 heteroatoms. The number of rotatable bonds is 5. The molecular formula is C16H18N2O4. The predicted molar refractivity (Wildman–Crippen MR) is 79.7 cm³/mol. The number of carboxylic acids is 1. The lowest BCUT2D eigenvalue weighted by atomic mass is 9.82. The Morgan fingerprint density at radius 2 is 1.91 bits per heavy atom. The summed E-state index contributed by atoms with van der Waals surface area (Å²) in [4.78, 5) is 23.9. The minimum absolute atomic E-state index is 0.0325. The molecule has 1 aromatic carbocycles. The molecule has 1 atom stereocenters. The SMILES string of the molecule is Cc1noc(C)c1C(=O)NCC(C)(C(=O)O)c1ccccc1. The van der Waals surface area contributed by atoms with Crippen molar-refractivity contribution < 1.29 is 19.2 Å². The van der Waals surface area contributed by atoms with Crippen LogP contribution in [0.15, 0.2) is 34.9 Å². The molecule has 2 aromatic rings. The van der Waals surface area contributed by atoms with Gasteiger partial charge in [0.05, 0.1) is 5.69 Å². The van der Waals surface area contributed by atoms with Crippen LogP contribution in [-0.4, -0.2) is 28.7 Å². The summed E-state index contributed by atoms with van der Waals surface area (Å²) in [6.07, 6.45) is 0. The Balaban J connectivity index is 2.20. The zero-order chi connectivity index (χ0) is 16.3. The number of hydrogen-bond acceptors (Lipinski definition) is 4. The Labute approximate surface area is 128 Å². The Morgan fingerprint density at radius 3 is 2.41 bits per heavy atom. The summed E-state index contributed by atoms with van der Waals surface area (Å²) in [5.74, 6) is -0.982. The van der Waals surface area contributed by atoms with Gasteiger partial charge < -0.3 is 14.9 Å². The quantitative estimate of drug-likeness (QED) is 0.882. The number of aliphatic carboxylic acids is 1. The van der Waals surface area contributed by atoms with E-state index in [1.807, 2.05) is 6.07 Å². The highest BCUT2D eigenvalue weighted by molar-refractivity contribution is 5.96. The fourth-order valence-corrected chi connectivity index (χ4v) is 2.26. The van der Waals surface area contributed by atoms with E-state index in [1.54, 1.807) is 45.0 Å². The van der Waals surface area contributed by atoms with Crippen LogP contribution in [-0.2, 0) is 10.2 Å². The van der Waals surface area contributed by atoms with Crippen LogP contribution in [0, 0.1) is 13.8 Å². The molecule has 22 heavy (non-hydrogen) atoms. The van der Waals surface area contributed by atoms with Gasteiger partial charge in [0.1, 0.15) is 16.7 Å². The molecule has 0 aliphatic carbocycles. The van der Waals surface area contributed by atoms with Gasteiger partial charge in [-0.15, -0.1) is 0 Å². The first-order chi connectivity index (χ1) is 10.4. The highest BCUT2D eigenvalue weighted by Gasteiger charge is 2.36. The minimum Gasteiger partial charge on any atom is -0.481 e. The second-order valence-corrected chi connectivity index (χ2v) is 5.39. The molecule has 1 unspecified atom stereocenters. The van der Waals surface area contributed by atoms with Gasteiger partial charge in [0.2, 0.25) is 0 Å². The fourth-order valence-electron chi connectivity index (χ4n) is 2.26.